The summed E-state index contributed by atoms with van der Waals surface area (Å²) in [6, 6.07) is 8.11. The van der Waals surface area contributed by atoms with Crippen molar-refractivity contribution in [3.05, 3.63) is 34.6 Å². The molecule has 0 spiro atoms. The number of amides is 1. The van der Waals surface area contributed by atoms with Gasteiger partial charge in [0, 0.05) is 31.6 Å². The number of fused-ring (bicyclic) bond motifs is 3. The van der Waals surface area contributed by atoms with E-state index >= 15 is 0 Å². The highest BCUT2D eigenvalue weighted by molar-refractivity contribution is 5.85. The van der Waals surface area contributed by atoms with Gasteiger partial charge >= 0.3 is 0 Å². The van der Waals surface area contributed by atoms with Crippen molar-refractivity contribution in [1.82, 2.24) is 25.2 Å². The van der Waals surface area contributed by atoms with Crippen molar-refractivity contribution < 1.29 is 4.79 Å². The number of carbonyl (C=O) groups excluding carboxylic acids is 1. The number of carbonyl (C=O) groups is 1. The van der Waals surface area contributed by atoms with E-state index in [0.717, 1.165) is 25.9 Å². The molecule has 7 nitrogen and oxygen atoms in total. The predicted molar refractivity (Wildman–Crippen MR) is 96.8 cm³/mol. The summed E-state index contributed by atoms with van der Waals surface area (Å²) < 4.78 is 1.29. The number of nitrogens with one attached hydrogen (secondary N) is 1. The molecule has 134 valence electrons. The van der Waals surface area contributed by atoms with Crippen molar-refractivity contribution in [3.63, 3.8) is 0 Å². The Bertz CT molecular complexity index is 824. The van der Waals surface area contributed by atoms with Gasteiger partial charge < -0.3 is 10.2 Å². The smallest absolute Gasteiger partial charge is 0.277 e. The largest absolute Gasteiger partial charge is 0.341 e. The van der Waals surface area contributed by atoms with Gasteiger partial charge in [-0.25, -0.2) is 4.68 Å². The van der Waals surface area contributed by atoms with Gasteiger partial charge in [-0.1, -0.05) is 17.3 Å². The first-order valence-corrected chi connectivity index (χ1v) is 8.57. The summed E-state index contributed by atoms with van der Waals surface area (Å²) in [5, 5.41) is 12.1. The Morgan fingerprint density at radius 1 is 1.20 bits per heavy atom. The van der Waals surface area contributed by atoms with Crippen LogP contribution in [0.25, 0.3) is 10.9 Å². The summed E-state index contributed by atoms with van der Waals surface area (Å²) in [7, 11) is 0. The topological polar surface area (TPSA) is 80.1 Å². The van der Waals surface area contributed by atoms with E-state index in [0.29, 0.717) is 23.0 Å². The van der Waals surface area contributed by atoms with E-state index in [4.69, 9.17) is 0 Å². The molecule has 2 atom stereocenters. The summed E-state index contributed by atoms with van der Waals surface area (Å²) >= 11 is 0. The molecule has 0 radical (unpaired) electrons. The van der Waals surface area contributed by atoms with Crippen molar-refractivity contribution in [2.75, 3.05) is 13.1 Å². The number of likely N-dealkylation sites (tertiary alicyclic amines) is 1. The molecule has 1 aromatic heterocycles. The average molecular weight is 364 g/mol. The fraction of sp³-hybridized carbons (Fsp3) is 0.529. The molecule has 3 heterocycles. The lowest BCUT2D eigenvalue weighted by Gasteiger charge is -2.24. The summed E-state index contributed by atoms with van der Waals surface area (Å²) in [4.78, 5) is 26.8. The van der Waals surface area contributed by atoms with E-state index in [2.05, 4.69) is 15.6 Å². The van der Waals surface area contributed by atoms with Crippen molar-refractivity contribution >= 4 is 29.2 Å². The highest BCUT2D eigenvalue weighted by atomic mass is 35.5. The molecule has 4 rings (SSSR count). The van der Waals surface area contributed by atoms with Gasteiger partial charge in [-0.15, -0.1) is 17.5 Å². The molecule has 0 saturated carbocycles. The summed E-state index contributed by atoms with van der Waals surface area (Å²) in [6.45, 7) is 1.84. The number of benzene rings is 1. The lowest BCUT2D eigenvalue weighted by molar-refractivity contribution is -0.131. The number of halogens is 1. The van der Waals surface area contributed by atoms with Gasteiger partial charge in [-0.05, 0) is 31.4 Å². The first-order chi connectivity index (χ1) is 11.7. The molecule has 1 N–H and O–H groups in total. The van der Waals surface area contributed by atoms with E-state index in [1.165, 1.54) is 11.1 Å². The normalized spacial score (nSPS) is 22.5. The molecule has 0 aliphatic carbocycles. The minimum absolute atomic E-state index is 0. The minimum atomic E-state index is -0.190. The average Bonchev–Trinajstić information content (AvgIpc) is 2.93. The molecule has 25 heavy (non-hydrogen) atoms. The Kier molecular flexibility index (Phi) is 5.34. The quantitative estimate of drug-likeness (QED) is 0.878. The van der Waals surface area contributed by atoms with E-state index in [-0.39, 0.29) is 36.8 Å². The third kappa shape index (κ3) is 3.67. The maximum atomic E-state index is 12.5. The van der Waals surface area contributed by atoms with E-state index in [1.54, 1.807) is 18.2 Å². The van der Waals surface area contributed by atoms with Gasteiger partial charge in [-0.2, -0.15) is 0 Å². The molecular weight excluding hydrogens is 342 g/mol. The zero-order valence-electron chi connectivity index (χ0n) is 13.9. The van der Waals surface area contributed by atoms with Crippen LogP contribution in [0.4, 0.5) is 0 Å². The lowest BCUT2D eigenvalue weighted by Crippen LogP contribution is -2.39. The Morgan fingerprint density at radius 2 is 2.00 bits per heavy atom. The number of aryl methyl sites for hydroxylation is 1. The zero-order valence-corrected chi connectivity index (χ0v) is 14.7. The van der Waals surface area contributed by atoms with Crippen molar-refractivity contribution in [2.24, 2.45) is 0 Å². The Labute approximate surface area is 151 Å². The summed E-state index contributed by atoms with van der Waals surface area (Å²) in [6.07, 6.45) is 3.65. The van der Waals surface area contributed by atoms with Crippen LogP contribution < -0.4 is 10.9 Å². The van der Waals surface area contributed by atoms with Crippen LogP contribution in [0.3, 0.4) is 0 Å². The van der Waals surface area contributed by atoms with Crippen LogP contribution in [0.15, 0.2) is 29.1 Å². The van der Waals surface area contributed by atoms with Crippen LogP contribution >= 0.6 is 12.4 Å². The number of nitrogens with zero attached hydrogens (tertiary/aromatic N) is 4. The monoisotopic (exact) mass is 363 g/mol. The molecule has 8 heteroatoms. The first-order valence-electron chi connectivity index (χ1n) is 8.57. The number of hydrogen-bond donors (Lipinski definition) is 1. The number of aromatic nitrogens is 3. The van der Waals surface area contributed by atoms with Gasteiger partial charge in [0.2, 0.25) is 5.91 Å². The van der Waals surface area contributed by atoms with E-state index < -0.39 is 0 Å². The fourth-order valence-corrected chi connectivity index (χ4v) is 3.70. The molecule has 2 fully saturated rings. The highest BCUT2D eigenvalue weighted by Gasteiger charge is 2.30. The third-order valence-electron chi connectivity index (χ3n) is 5.04. The second-order valence-electron chi connectivity index (χ2n) is 6.65. The number of rotatable bonds is 3. The summed E-state index contributed by atoms with van der Waals surface area (Å²) in [5.41, 5.74) is 0.393. The maximum Gasteiger partial charge on any atom is 0.277 e. The van der Waals surface area contributed by atoms with Gasteiger partial charge in [0.15, 0.2) is 0 Å². The second kappa shape index (κ2) is 7.49. The molecule has 2 aromatic rings. The van der Waals surface area contributed by atoms with Gasteiger partial charge in [0.05, 0.1) is 11.9 Å². The lowest BCUT2D eigenvalue weighted by atomic mass is 10.1. The van der Waals surface area contributed by atoms with Crippen molar-refractivity contribution in [3.8, 4) is 0 Å². The second-order valence-corrected chi connectivity index (χ2v) is 6.65. The zero-order chi connectivity index (χ0) is 16.5. The first kappa shape index (κ1) is 17.8. The standard InChI is InChI=1S/C17H21N5O2.ClH/c23-16(21-9-7-12-5-6-13(11-21)18-12)8-10-22-17(24)14-3-1-2-4-15(14)19-20-22;/h1-4,12-13,18H,5-11H2;1H. The van der Waals surface area contributed by atoms with E-state index in [9.17, 15) is 9.59 Å². The van der Waals surface area contributed by atoms with Crippen molar-refractivity contribution in [2.45, 2.75) is 44.3 Å². The summed E-state index contributed by atoms with van der Waals surface area (Å²) in [5.74, 6) is 0.0891. The Hall–Kier alpha value is -1.99. The molecule has 2 aliphatic rings. The maximum absolute atomic E-state index is 12.5. The van der Waals surface area contributed by atoms with Crippen LogP contribution in [0.2, 0.25) is 0 Å². The van der Waals surface area contributed by atoms with E-state index in [1.807, 2.05) is 11.0 Å². The number of hydrogen-bond acceptors (Lipinski definition) is 5. The van der Waals surface area contributed by atoms with Crippen LogP contribution in [0.1, 0.15) is 25.7 Å². The SMILES string of the molecule is Cl.O=C(CCn1nnc2ccccc2c1=O)N1CCC2CCC(C1)N2. The van der Waals surface area contributed by atoms with Gasteiger partial charge in [-0.3, -0.25) is 9.59 Å². The van der Waals surface area contributed by atoms with Crippen molar-refractivity contribution in [1.29, 1.82) is 0 Å². The van der Waals surface area contributed by atoms with Crippen LogP contribution in [0, 0.1) is 0 Å². The van der Waals surface area contributed by atoms with Crippen LogP contribution in [-0.2, 0) is 11.3 Å². The van der Waals surface area contributed by atoms with Crippen LogP contribution in [-0.4, -0.2) is 51.0 Å². The third-order valence-corrected chi connectivity index (χ3v) is 5.04. The molecular formula is C17H22ClN5O2. The predicted octanol–water partition coefficient (Wildman–Crippen LogP) is 0.956. The molecule has 2 saturated heterocycles. The van der Waals surface area contributed by atoms with Gasteiger partial charge in [0.25, 0.3) is 5.56 Å². The fourth-order valence-electron chi connectivity index (χ4n) is 3.70. The molecule has 1 aromatic carbocycles. The highest BCUT2D eigenvalue weighted by Crippen LogP contribution is 2.20. The molecule has 2 bridgehead atoms. The van der Waals surface area contributed by atoms with Gasteiger partial charge in [0.1, 0.15) is 5.52 Å². The molecule has 1 amide bonds. The Balaban J connectivity index is 0.00000182. The molecule has 2 unspecified atom stereocenters. The van der Waals surface area contributed by atoms with Crippen LogP contribution in [0.5, 0.6) is 0 Å². The molecule has 2 aliphatic heterocycles. The Morgan fingerprint density at radius 3 is 2.88 bits per heavy atom. The minimum Gasteiger partial charge on any atom is -0.341 e.